The van der Waals surface area contributed by atoms with Crippen molar-refractivity contribution >= 4 is 43.0 Å². The molecule has 0 radical (unpaired) electrons. The molecule has 0 aliphatic carbocycles. The molecule has 2 aromatic rings. The average Bonchev–Trinajstić information content (AvgIpc) is 2.79. The van der Waals surface area contributed by atoms with Gasteiger partial charge >= 0.3 is 0 Å². The number of hydrogen-bond donors (Lipinski definition) is 2. The maximum absolute atomic E-state index is 12.1. The summed E-state index contributed by atoms with van der Waals surface area (Å²) in [5.74, 6) is -0.112. The van der Waals surface area contributed by atoms with Crippen LogP contribution in [0.25, 0.3) is 10.1 Å². The van der Waals surface area contributed by atoms with E-state index < -0.39 is 10.0 Å². The van der Waals surface area contributed by atoms with Gasteiger partial charge in [0, 0.05) is 22.9 Å². The molecule has 7 heteroatoms. The van der Waals surface area contributed by atoms with Gasteiger partial charge in [-0.3, -0.25) is 0 Å². The van der Waals surface area contributed by atoms with Crippen LogP contribution in [0.3, 0.4) is 0 Å². The predicted molar refractivity (Wildman–Crippen MR) is 78.3 cm³/mol. The first-order valence-corrected chi connectivity index (χ1v) is 8.40. The number of aliphatic hydroxyl groups excluding tert-OH is 1. The van der Waals surface area contributed by atoms with Crippen molar-refractivity contribution in [3.63, 3.8) is 0 Å². The Labute approximate surface area is 121 Å². The summed E-state index contributed by atoms with van der Waals surface area (Å²) in [6.07, 6.45) is 0. The van der Waals surface area contributed by atoms with Gasteiger partial charge in [-0.05, 0) is 35.6 Å². The molecule has 0 amide bonds. The lowest BCUT2D eigenvalue weighted by atomic mass is 10.2. The summed E-state index contributed by atoms with van der Waals surface area (Å²) < 4.78 is 27.8. The van der Waals surface area contributed by atoms with Crippen molar-refractivity contribution in [2.45, 2.75) is 11.1 Å². The van der Waals surface area contributed by atoms with Crippen LogP contribution in [0.15, 0.2) is 28.5 Å². The Morgan fingerprint density at radius 1 is 1.42 bits per heavy atom. The first kappa shape index (κ1) is 14.7. The first-order chi connectivity index (χ1) is 8.92. The third kappa shape index (κ3) is 3.46. The minimum atomic E-state index is -3.53. The molecule has 1 heterocycles. The molecule has 1 aromatic heterocycles. The summed E-state index contributed by atoms with van der Waals surface area (Å²) in [7, 11) is -3.53. The molecule has 19 heavy (non-hydrogen) atoms. The number of nitrogens with one attached hydrogen (secondary N) is 1. The number of thiophene rings is 1. The van der Waals surface area contributed by atoms with Crippen LogP contribution in [-0.2, 0) is 10.0 Å². The van der Waals surface area contributed by atoms with Gasteiger partial charge in [0.1, 0.15) is 4.21 Å². The van der Waals surface area contributed by atoms with Crippen LogP contribution >= 0.6 is 22.9 Å². The number of hydrogen-bond acceptors (Lipinski definition) is 4. The van der Waals surface area contributed by atoms with E-state index in [2.05, 4.69) is 4.72 Å². The minimum absolute atomic E-state index is 0.0510. The summed E-state index contributed by atoms with van der Waals surface area (Å²) in [5, 5.41) is 10.3. The Hall–Kier alpha value is -0.660. The number of sulfonamides is 1. The van der Waals surface area contributed by atoms with E-state index in [-0.39, 0.29) is 23.3 Å². The topological polar surface area (TPSA) is 66.4 Å². The van der Waals surface area contributed by atoms with E-state index in [4.69, 9.17) is 16.7 Å². The molecule has 0 aliphatic rings. The fourth-order valence-electron chi connectivity index (χ4n) is 1.51. The number of fused-ring (bicyclic) bond motifs is 1. The Kier molecular flexibility index (Phi) is 4.47. The van der Waals surface area contributed by atoms with E-state index in [1.54, 1.807) is 31.2 Å². The van der Waals surface area contributed by atoms with Gasteiger partial charge < -0.3 is 5.11 Å². The van der Waals surface area contributed by atoms with Crippen LogP contribution in [0.2, 0.25) is 5.02 Å². The Balaban J connectivity index is 2.27. The minimum Gasteiger partial charge on any atom is -0.396 e. The second kappa shape index (κ2) is 5.76. The molecule has 2 rings (SSSR count). The fourth-order valence-corrected chi connectivity index (χ4v) is 4.28. The standard InChI is InChI=1S/C12H14ClNO3S2/c1-8(7-15)6-14-19(16,17)12-5-9-4-10(13)2-3-11(9)18-12/h2-5,8,14-15H,6-7H2,1H3. The van der Waals surface area contributed by atoms with Crippen LogP contribution in [0.5, 0.6) is 0 Å². The molecule has 0 fully saturated rings. The van der Waals surface area contributed by atoms with Gasteiger partial charge in [0.2, 0.25) is 10.0 Å². The first-order valence-electron chi connectivity index (χ1n) is 5.72. The summed E-state index contributed by atoms with van der Waals surface area (Å²) >= 11 is 7.08. The van der Waals surface area contributed by atoms with E-state index in [0.29, 0.717) is 5.02 Å². The lowest BCUT2D eigenvalue weighted by molar-refractivity contribution is 0.238. The number of halogens is 1. The van der Waals surface area contributed by atoms with Gasteiger partial charge in [-0.2, -0.15) is 0 Å². The number of rotatable bonds is 5. The van der Waals surface area contributed by atoms with Crippen molar-refractivity contribution < 1.29 is 13.5 Å². The maximum Gasteiger partial charge on any atom is 0.250 e. The zero-order valence-electron chi connectivity index (χ0n) is 10.3. The van der Waals surface area contributed by atoms with Gasteiger partial charge in [0.25, 0.3) is 0 Å². The number of aliphatic hydroxyl groups is 1. The summed E-state index contributed by atoms with van der Waals surface area (Å²) in [6, 6.07) is 6.89. The second-order valence-electron chi connectivity index (χ2n) is 4.39. The zero-order chi connectivity index (χ0) is 14.0. The van der Waals surface area contributed by atoms with Gasteiger partial charge in [-0.15, -0.1) is 11.3 Å². The summed E-state index contributed by atoms with van der Waals surface area (Å²) in [4.78, 5) is 0. The Morgan fingerprint density at radius 3 is 2.84 bits per heavy atom. The van der Waals surface area contributed by atoms with E-state index in [9.17, 15) is 8.42 Å². The lowest BCUT2D eigenvalue weighted by Crippen LogP contribution is -2.29. The molecule has 104 valence electrons. The monoisotopic (exact) mass is 319 g/mol. The van der Waals surface area contributed by atoms with Crippen LogP contribution in [-0.4, -0.2) is 26.7 Å². The highest BCUT2D eigenvalue weighted by molar-refractivity contribution is 7.91. The smallest absolute Gasteiger partial charge is 0.250 e. The SMILES string of the molecule is CC(CO)CNS(=O)(=O)c1cc2cc(Cl)ccc2s1. The molecule has 2 N–H and O–H groups in total. The average molecular weight is 320 g/mol. The molecule has 0 aliphatic heterocycles. The molecule has 4 nitrogen and oxygen atoms in total. The van der Waals surface area contributed by atoms with Gasteiger partial charge in [-0.1, -0.05) is 18.5 Å². The highest BCUT2D eigenvalue weighted by atomic mass is 35.5. The normalized spacial score (nSPS) is 13.8. The van der Waals surface area contributed by atoms with Gasteiger partial charge in [0.05, 0.1) is 0 Å². The lowest BCUT2D eigenvalue weighted by Gasteiger charge is -2.08. The van der Waals surface area contributed by atoms with E-state index in [0.717, 1.165) is 10.1 Å². The second-order valence-corrected chi connectivity index (χ2v) is 7.90. The van der Waals surface area contributed by atoms with Crippen molar-refractivity contribution in [3.05, 3.63) is 29.3 Å². The third-order valence-corrected chi connectivity index (χ3v) is 5.90. The maximum atomic E-state index is 12.1. The highest BCUT2D eigenvalue weighted by Gasteiger charge is 2.18. The molecule has 1 aromatic carbocycles. The van der Waals surface area contributed by atoms with Crippen LogP contribution in [0.4, 0.5) is 0 Å². The molecular formula is C12H14ClNO3S2. The summed E-state index contributed by atoms with van der Waals surface area (Å²) in [6.45, 7) is 1.94. The Morgan fingerprint density at radius 2 is 2.16 bits per heavy atom. The van der Waals surface area contributed by atoms with Gasteiger partial charge in [-0.25, -0.2) is 13.1 Å². The van der Waals surface area contributed by atoms with Crippen molar-refractivity contribution in [3.8, 4) is 0 Å². The van der Waals surface area contributed by atoms with Crippen molar-refractivity contribution in [1.82, 2.24) is 4.72 Å². The predicted octanol–water partition coefficient (Wildman–Crippen LogP) is 2.46. The highest BCUT2D eigenvalue weighted by Crippen LogP contribution is 2.30. The molecular weight excluding hydrogens is 306 g/mol. The molecule has 0 bridgehead atoms. The van der Waals surface area contributed by atoms with E-state index in [1.807, 2.05) is 0 Å². The van der Waals surface area contributed by atoms with Gasteiger partial charge in [0.15, 0.2) is 0 Å². The van der Waals surface area contributed by atoms with Crippen molar-refractivity contribution in [2.24, 2.45) is 5.92 Å². The Bertz CT molecular complexity index is 681. The largest absolute Gasteiger partial charge is 0.396 e. The molecule has 1 unspecified atom stereocenters. The third-order valence-electron chi connectivity index (χ3n) is 2.65. The zero-order valence-corrected chi connectivity index (χ0v) is 12.6. The van der Waals surface area contributed by atoms with Crippen LogP contribution < -0.4 is 4.72 Å². The molecule has 1 atom stereocenters. The number of benzene rings is 1. The molecule has 0 saturated carbocycles. The fraction of sp³-hybridized carbons (Fsp3) is 0.333. The van der Waals surface area contributed by atoms with Crippen molar-refractivity contribution in [1.29, 1.82) is 0 Å². The van der Waals surface area contributed by atoms with Crippen LogP contribution in [0, 0.1) is 5.92 Å². The quantitative estimate of drug-likeness (QED) is 0.889. The molecule has 0 spiro atoms. The van der Waals surface area contributed by atoms with Crippen molar-refractivity contribution in [2.75, 3.05) is 13.2 Å². The van der Waals surface area contributed by atoms with Crippen LogP contribution in [0.1, 0.15) is 6.92 Å². The van der Waals surface area contributed by atoms with E-state index >= 15 is 0 Å². The molecule has 0 saturated heterocycles. The van der Waals surface area contributed by atoms with E-state index in [1.165, 1.54) is 11.3 Å². The summed E-state index contributed by atoms with van der Waals surface area (Å²) in [5.41, 5.74) is 0.